The van der Waals surface area contributed by atoms with Crippen LogP contribution in [0.5, 0.6) is 0 Å². The molecule has 9 nitrogen and oxygen atoms in total. The summed E-state index contributed by atoms with van der Waals surface area (Å²) in [4.78, 5) is 19.2. The van der Waals surface area contributed by atoms with E-state index in [1.807, 2.05) is 24.3 Å². The van der Waals surface area contributed by atoms with Crippen LogP contribution < -0.4 is 21.7 Å². The van der Waals surface area contributed by atoms with Crippen LogP contribution in [0.25, 0.3) is 0 Å². The summed E-state index contributed by atoms with van der Waals surface area (Å²) in [5.74, 6) is 1.71. The highest BCUT2D eigenvalue weighted by Gasteiger charge is 2.09. The molecule has 40 heavy (non-hydrogen) atoms. The van der Waals surface area contributed by atoms with Crippen LogP contribution >= 0.6 is 0 Å². The molecule has 2 rings (SSSR count). The Balaban J connectivity index is 1.98. The fraction of sp³-hybridized carbons (Fsp3) is 0.710. The molecule has 0 aliphatic rings. The lowest BCUT2D eigenvalue weighted by Crippen LogP contribution is -2.28. The Labute approximate surface area is 244 Å². The van der Waals surface area contributed by atoms with Crippen molar-refractivity contribution in [2.24, 2.45) is 0 Å². The van der Waals surface area contributed by atoms with Gasteiger partial charge in [0, 0.05) is 24.5 Å². The van der Waals surface area contributed by atoms with Gasteiger partial charge in [0.15, 0.2) is 0 Å². The number of hydrogen-bond acceptors (Lipinski definition) is 9. The number of unbranched alkanes of at least 4 members (excludes halogenated alkanes) is 4. The third-order valence-electron chi connectivity index (χ3n) is 6.98. The van der Waals surface area contributed by atoms with E-state index in [2.05, 4.69) is 68.4 Å². The minimum Gasteiger partial charge on any atom is -0.399 e. The maximum atomic E-state index is 5.86. The smallest absolute Gasteiger partial charge is 0.233 e. The predicted molar refractivity (Wildman–Crippen MR) is 173 cm³/mol. The molecule has 0 spiro atoms. The van der Waals surface area contributed by atoms with Gasteiger partial charge in [-0.2, -0.15) is 15.0 Å². The second kappa shape index (κ2) is 21.1. The van der Waals surface area contributed by atoms with Crippen molar-refractivity contribution in [2.45, 2.75) is 91.9 Å². The molecule has 0 radical (unpaired) electrons. The van der Waals surface area contributed by atoms with Crippen LogP contribution in [0.3, 0.4) is 0 Å². The third-order valence-corrected chi connectivity index (χ3v) is 6.98. The lowest BCUT2D eigenvalue weighted by Gasteiger charge is -2.22. The summed E-state index contributed by atoms with van der Waals surface area (Å²) in [6, 6.07) is 7.60. The fourth-order valence-electron chi connectivity index (χ4n) is 4.49. The highest BCUT2D eigenvalue weighted by Crippen LogP contribution is 2.17. The molecule has 0 aliphatic heterocycles. The monoisotopic (exact) mass is 555 g/mol. The molecule has 1 aromatic carbocycles. The van der Waals surface area contributed by atoms with Gasteiger partial charge in [-0.15, -0.1) is 0 Å². The Morgan fingerprint density at radius 2 is 0.925 bits per heavy atom. The molecule has 0 saturated heterocycles. The van der Waals surface area contributed by atoms with E-state index < -0.39 is 0 Å². The highest BCUT2D eigenvalue weighted by atomic mass is 15.3. The van der Waals surface area contributed by atoms with E-state index in [-0.39, 0.29) is 0 Å². The fourth-order valence-corrected chi connectivity index (χ4v) is 4.49. The number of nitrogens with zero attached hydrogens (tertiary/aromatic N) is 5. The topological polar surface area (TPSA) is 107 Å². The molecular weight excluding hydrogens is 498 g/mol. The first kappa shape index (κ1) is 33.6. The Kier molecular flexibility index (Phi) is 17.7. The van der Waals surface area contributed by atoms with Crippen LogP contribution in [0.15, 0.2) is 24.3 Å². The van der Waals surface area contributed by atoms with E-state index >= 15 is 0 Å². The van der Waals surface area contributed by atoms with Gasteiger partial charge in [-0.25, -0.2) is 0 Å². The maximum absolute atomic E-state index is 5.86. The van der Waals surface area contributed by atoms with Crippen LogP contribution in [0.2, 0.25) is 0 Å². The van der Waals surface area contributed by atoms with E-state index in [1.54, 1.807) is 0 Å². The van der Waals surface area contributed by atoms with Crippen LogP contribution in [0, 0.1) is 0 Å². The van der Waals surface area contributed by atoms with Crippen LogP contribution in [-0.2, 0) is 0 Å². The quantitative estimate of drug-likeness (QED) is 0.0841. The lowest BCUT2D eigenvalue weighted by atomic mass is 10.2. The minimum absolute atomic E-state index is 0.518. The van der Waals surface area contributed by atoms with Gasteiger partial charge < -0.3 is 31.5 Å². The van der Waals surface area contributed by atoms with Crippen molar-refractivity contribution in [3.05, 3.63) is 24.3 Å². The third kappa shape index (κ3) is 14.7. The number of rotatable bonds is 24. The molecule has 0 amide bonds. The summed E-state index contributed by atoms with van der Waals surface area (Å²) >= 11 is 0. The standard InChI is InChI=1S/C31H57N9/c1-5-9-21-39(22-10-6-2)25-13-19-33-29-36-30(34-20-14-26-40(23-11-7-3)24-12-8-4)38-31(37-29)35-28-17-15-27(32)16-18-28/h15-18H,5-14,19-26,32H2,1-4H3,(H3,33,34,35,36,37,38). The van der Waals surface area contributed by atoms with Gasteiger partial charge in [0.1, 0.15) is 0 Å². The average molecular weight is 556 g/mol. The molecule has 226 valence electrons. The SMILES string of the molecule is CCCCN(CCCC)CCCNc1nc(NCCCN(CCCC)CCCC)nc(Nc2ccc(N)cc2)n1. The molecular formula is C31H57N9. The first-order valence-corrected chi connectivity index (χ1v) is 15.9. The van der Waals surface area contributed by atoms with Crippen molar-refractivity contribution in [3.8, 4) is 0 Å². The van der Waals surface area contributed by atoms with Gasteiger partial charge in [-0.3, -0.25) is 0 Å². The largest absolute Gasteiger partial charge is 0.399 e. The Morgan fingerprint density at radius 1 is 0.550 bits per heavy atom. The zero-order chi connectivity index (χ0) is 28.8. The van der Waals surface area contributed by atoms with Gasteiger partial charge in [0.2, 0.25) is 17.8 Å². The van der Waals surface area contributed by atoms with Gasteiger partial charge in [-0.1, -0.05) is 53.4 Å². The molecule has 2 aromatic rings. The summed E-state index contributed by atoms with van der Waals surface area (Å²) < 4.78 is 0. The van der Waals surface area contributed by atoms with Crippen molar-refractivity contribution in [3.63, 3.8) is 0 Å². The first-order valence-electron chi connectivity index (χ1n) is 15.9. The molecule has 0 saturated carbocycles. The van der Waals surface area contributed by atoms with Crippen molar-refractivity contribution >= 4 is 29.2 Å². The number of nitrogen functional groups attached to an aromatic ring is 1. The number of hydrogen-bond donors (Lipinski definition) is 4. The summed E-state index contributed by atoms with van der Waals surface area (Å²) in [5.41, 5.74) is 7.48. The summed E-state index contributed by atoms with van der Waals surface area (Å²) in [5, 5.41) is 10.2. The van der Waals surface area contributed by atoms with Crippen LogP contribution in [0.4, 0.5) is 29.2 Å². The molecule has 0 fully saturated rings. The van der Waals surface area contributed by atoms with Gasteiger partial charge in [0.05, 0.1) is 0 Å². The minimum atomic E-state index is 0.518. The lowest BCUT2D eigenvalue weighted by molar-refractivity contribution is 0.264. The molecule has 9 heteroatoms. The molecule has 1 heterocycles. The average Bonchev–Trinajstić information content (AvgIpc) is 2.96. The zero-order valence-electron chi connectivity index (χ0n) is 25.9. The molecule has 0 bridgehead atoms. The summed E-state index contributed by atoms with van der Waals surface area (Å²) in [7, 11) is 0. The van der Waals surface area contributed by atoms with Crippen LogP contribution in [0.1, 0.15) is 91.9 Å². The molecule has 1 aromatic heterocycles. The number of anilines is 5. The summed E-state index contributed by atoms with van der Waals surface area (Å²) in [6.45, 7) is 17.6. The van der Waals surface area contributed by atoms with E-state index in [9.17, 15) is 0 Å². The van der Waals surface area contributed by atoms with Crippen molar-refractivity contribution in [1.29, 1.82) is 0 Å². The number of benzene rings is 1. The number of nitrogens with two attached hydrogens (primary N) is 1. The van der Waals surface area contributed by atoms with Crippen molar-refractivity contribution in [1.82, 2.24) is 24.8 Å². The maximum Gasteiger partial charge on any atom is 0.233 e. The molecule has 0 atom stereocenters. The van der Waals surface area contributed by atoms with Gasteiger partial charge in [-0.05, 0) is 102 Å². The Hall–Kier alpha value is -2.65. The predicted octanol–water partition coefficient (Wildman–Crippen LogP) is 6.61. The molecule has 0 unspecified atom stereocenters. The van der Waals surface area contributed by atoms with Gasteiger partial charge in [0.25, 0.3) is 0 Å². The first-order chi connectivity index (χ1) is 19.6. The van der Waals surface area contributed by atoms with Gasteiger partial charge >= 0.3 is 0 Å². The highest BCUT2D eigenvalue weighted by molar-refractivity contribution is 5.58. The van der Waals surface area contributed by atoms with Crippen molar-refractivity contribution < 1.29 is 0 Å². The van der Waals surface area contributed by atoms with Crippen LogP contribution in [-0.4, -0.2) is 77.1 Å². The number of nitrogens with one attached hydrogen (secondary N) is 3. The summed E-state index contributed by atoms with van der Waals surface area (Å²) in [6.07, 6.45) is 12.1. The number of aromatic nitrogens is 3. The van der Waals surface area contributed by atoms with Crippen molar-refractivity contribution in [2.75, 3.05) is 74.0 Å². The second-order valence-corrected chi connectivity index (χ2v) is 10.7. The zero-order valence-corrected chi connectivity index (χ0v) is 25.9. The molecule has 0 aliphatic carbocycles. The van der Waals surface area contributed by atoms with E-state index in [0.29, 0.717) is 17.8 Å². The van der Waals surface area contributed by atoms with E-state index in [1.165, 1.54) is 77.5 Å². The van der Waals surface area contributed by atoms with E-state index in [0.717, 1.165) is 50.4 Å². The normalized spacial score (nSPS) is 11.3. The Morgan fingerprint density at radius 3 is 1.32 bits per heavy atom. The molecule has 5 N–H and O–H groups in total. The second-order valence-electron chi connectivity index (χ2n) is 10.7. The van der Waals surface area contributed by atoms with E-state index in [4.69, 9.17) is 5.73 Å². The Bertz CT molecular complexity index is 829.